The molecule has 7 nitrogen and oxygen atoms in total. The van der Waals surface area contributed by atoms with Crippen molar-refractivity contribution in [2.75, 3.05) is 26.8 Å². The second-order valence-electron chi connectivity index (χ2n) is 5.25. The number of nitrogens with one attached hydrogen (secondary N) is 1. The highest BCUT2D eigenvalue weighted by molar-refractivity contribution is 7.09. The van der Waals surface area contributed by atoms with Crippen LogP contribution in [0.25, 0.3) is 0 Å². The van der Waals surface area contributed by atoms with Gasteiger partial charge in [-0.2, -0.15) is 5.10 Å². The predicted octanol–water partition coefficient (Wildman–Crippen LogP) is 1.54. The molecule has 2 aromatic heterocycles. The van der Waals surface area contributed by atoms with Crippen LogP contribution in [-0.2, 0) is 29.0 Å². The SMILES string of the molecule is CCc1nc([C@H]2CN(Cc3csc(COC)n3)CCO2)n[nH]1. The van der Waals surface area contributed by atoms with Crippen LogP contribution >= 0.6 is 11.3 Å². The number of morpholine rings is 1. The fourth-order valence-electron chi connectivity index (χ4n) is 2.45. The molecule has 1 atom stereocenters. The summed E-state index contributed by atoms with van der Waals surface area (Å²) in [5, 5.41) is 10.3. The molecule has 1 N–H and O–H groups in total. The van der Waals surface area contributed by atoms with Crippen LogP contribution in [0.5, 0.6) is 0 Å². The first-order valence-corrected chi connectivity index (χ1v) is 8.33. The summed E-state index contributed by atoms with van der Waals surface area (Å²) in [6, 6.07) is 0. The van der Waals surface area contributed by atoms with Crippen LogP contribution in [0.1, 0.15) is 35.4 Å². The number of thiazole rings is 1. The molecule has 0 radical (unpaired) electrons. The largest absolute Gasteiger partial charge is 0.378 e. The molecule has 1 aliphatic rings. The van der Waals surface area contributed by atoms with Crippen LogP contribution in [0.15, 0.2) is 5.38 Å². The van der Waals surface area contributed by atoms with Gasteiger partial charge in [0.15, 0.2) is 5.82 Å². The van der Waals surface area contributed by atoms with Gasteiger partial charge in [0.05, 0.1) is 18.9 Å². The van der Waals surface area contributed by atoms with E-state index in [1.165, 1.54) is 0 Å². The minimum absolute atomic E-state index is 0.0672. The molecule has 8 heteroatoms. The maximum absolute atomic E-state index is 5.81. The van der Waals surface area contributed by atoms with E-state index >= 15 is 0 Å². The number of methoxy groups -OCH3 is 1. The Morgan fingerprint density at radius 3 is 3.18 bits per heavy atom. The molecule has 3 heterocycles. The summed E-state index contributed by atoms with van der Waals surface area (Å²) < 4.78 is 10.9. The van der Waals surface area contributed by atoms with E-state index < -0.39 is 0 Å². The summed E-state index contributed by atoms with van der Waals surface area (Å²) in [4.78, 5) is 11.4. The van der Waals surface area contributed by atoms with E-state index in [9.17, 15) is 0 Å². The molecule has 1 fully saturated rings. The van der Waals surface area contributed by atoms with E-state index in [2.05, 4.69) is 37.4 Å². The van der Waals surface area contributed by atoms with Crippen LogP contribution < -0.4 is 0 Å². The molecular weight excluding hydrogens is 302 g/mol. The molecule has 1 saturated heterocycles. The zero-order valence-electron chi connectivity index (χ0n) is 12.9. The standard InChI is InChI=1S/C14H21N5O2S/c1-3-12-16-14(18-17-12)11-7-19(4-5-21-11)6-10-9-22-13(15-10)8-20-2/h9,11H,3-8H2,1-2H3,(H,16,17,18)/t11-/m1/s1. The van der Waals surface area contributed by atoms with E-state index in [0.29, 0.717) is 13.2 Å². The first-order chi connectivity index (χ1) is 10.8. The van der Waals surface area contributed by atoms with Crippen molar-refractivity contribution in [1.82, 2.24) is 25.1 Å². The molecular formula is C14H21N5O2S. The Bertz CT molecular complexity index is 600. The number of ether oxygens (including phenoxy) is 2. The van der Waals surface area contributed by atoms with Crippen molar-refractivity contribution in [3.63, 3.8) is 0 Å². The van der Waals surface area contributed by atoms with Gasteiger partial charge in [0, 0.05) is 38.5 Å². The number of hydrogen-bond acceptors (Lipinski definition) is 7. The molecule has 0 aliphatic carbocycles. The van der Waals surface area contributed by atoms with E-state index in [1.54, 1.807) is 18.4 Å². The second kappa shape index (κ2) is 7.28. The predicted molar refractivity (Wildman–Crippen MR) is 82.6 cm³/mol. The lowest BCUT2D eigenvalue weighted by molar-refractivity contribution is -0.0374. The monoisotopic (exact) mass is 323 g/mol. The Morgan fingerprint density at radius 2 is 2.41 bits per heavy atom. The number of aryl methyl sites for hydroxylation is 1. The summed E-state index contributed by atoms with van der Waals surface area (Å²) in [5.74, 6) is 1.65. The minimum atomic E-state index is -0.0672. The van der Waals surface area contributed by atoms with Gasteiger partial charge in [-0.15, -0.1) is 11.3 Å². The fourth-order valence-corrected chi connectivity index (χ4v) is 3.21. The van der Waals surface area contributed by atoms with Crippen LogP contribution in [-0.4, -0.2) is 51.9 Å². The van der Waals surface area contributed by atoms with Crippen molar-refractivity contribution in [2.24, 2.45) is 0 Å². The van der Waals surface area contributed by atoms with Crippen LogP contribution in [0.2, 0.25) is 0 Å². The van der Waals surface area contributed by atoms with Crippen molar-refractivity contribution in [1.29, 1.82) is 0 Å². The number of hydrogen-bond donors (Lipinski definition) is 1. The quantitative estimate of drug-likeness (QED) is 0.869. The van der Waals surface area contributed by atoms with Gasteiger partial charge in [-0.3, -0.25) is 10.00 Å². The molecule has 22 heavy (non-hydrogen) atoms. The Labute approximate surface area is 133 Å². The van der Waals surface area contributed by atoms with Gasteiger partial charge in [-0.05, 0) is 0 Å². The highest BCUT2D eigenvalue weighted by Gasteiger charge is 2.25. The number of rotatable bonds is 6. The third kappa shape index (κ3) is 3.70. The van der Waals surface area contributed by atoms with E-state index in [-0.39, 0.29) is 6.10 Å². The van der Waals surface area contributed by atoms with Gasteiger partial charge in [-0.25, -0.2) is 9.97 Å². The second-order valence-corrected chi connectivity index (χ2v) is 6.20. The van der Waals surface area contributed by atoms with Gasteiger partial charge in [0.2, 0.25) is 0 Å². The molecule has 3 rings (SSSR count). The summed E-state index contributed by atoms with van der Waals surface area (Å²) in [6.07, 6.45) is 0.784. The zero-order chi connectivity index (χ0) is 15.4. The number of H-pyrrole nitrogens is 1. The molecule has 0 bridgehead atoms. The Hall–Kier alpha value is -1.35. The average molecular weight is 323 g/mol. The molecule has 0 amide bonds. The van der Waals surface area contributed by atoms with Gasteiger partial charge in [0.1, 0.15) is 16.9 Å². The highest BCUT2D eigenvalue weighted by Crippen LogP contribution is 2.21. The number of nitrogens with zero attached hydrogens (tertiary/aromatic N) is 4. The van der Waals surface area contributed by atoms with Crippen LogP contribution in [0, 0.1) is 0 Å². The molecule has 2 aromatic rings. The van der Waals surface area contributed by atoms with Crippen molar-refractivity contribution in [2.45, 2.75) is 32.6 Å². The number of aromatic amines is 1. The normalized spacial score (nSPS) is 19.6. The molecule has 1 aliphatic heterocycles. The summed E-state index contributed by atoms with van der Waals surface area (Å²) in [5.41, 5.74) is 1.09. The summed E-state index contributed by atoms with van der Waals surface area (Å²) >= 11 is 1.64. The van der Waals surface area contributed by atoms with Gasteiger partial charge >= 0.3 is 0 Å². The topological polar surface area (TPSA) is 76.2 Å². The number of aromatic nitrogens is 4. The van der Waals surface area contributed by atoms with Gasteiger partial charge in [0.25, 0.3) is 0 Å². The summed E-state index contributed by atoms with van der Waals surface area (Å²) in [7, 11) is 1.69. The lowest BCUT2D eigenvalue weighted by atomic mass is 10.2. The third-order valence-electron chi connectivity index (χ3n) is 3.58. The van der Waals surface area contributed by atoms with Crippen molar-refractivity contribution in [3.8, 4) is 0 Å². The van der Waals surface area contributed by atoms with Crippen molar-refractivity contribution < 1.29 is 9.47 Å². The van der Waals surface area contributed by atoms with E-state index in [0.717, 1.165) is 48.4 Å². The Morgan fingerprint density at radius 1 is 1.50 bits per heavy atom. The zero-order valence-corrected chi connectivity index (χ0v) is 13.7. The molecule has 0 aromatic carbocycles. The van der Waals surface area contributed by atoms with E-state index in [4.69, 9.17) is 9.47 Å². The molecule has 0 spiro atoms. The molecule has 0 unspecified atom stereocenters. The molecule has 120 valence electrons. The van der Waals surface area contributed by atoms with Crippen LogP contribution in [0.4, 0.5) is 0 Å². The lowest BCUT2D eigenvalue weighted by Gasteiger charge is -2.30. The average Bonchev–Trinajstić information content (AvgIpc) is 3.17. The van der Waals surface area contributed by atoms with Gasteiger partial charge < -0.3 is 9.47 Å². The highest BCUT2D eigenvalue weighted by atomic mass is 32.1. The first kappa shape index (κ1) is 15.5. The van der Waals surface area contributed by atoms with Crippen LogP contribution in [0.3, 0.4) is 0 Å². The smallest absolute Gasteiger partial charge is 0.180 e. The Balaban J connectivity index is 1.60. The molecule has 0 saturated carbocycles. The van der Waals surface area contributed by atoms with Gasteiger partial charge in [-0.1, -0.05) is 6.92 Å². The maximum atomic E-state index is 5.81. The first-order valence-electron chi connectivity index (χ1n) is 7.45. The fraction of sp³-hybridized carbons (Fsp3) is 0.643. The minimum Gasteiger partial charge on any atom is -0.378 e. The Kier molecular flexibility index (Phi) is 5.14. The third-order valence-corrected chi connectivity index (χ3v) is 4.45. The maximum Gasteiger partial charge on any atom is 0.180 e. The van der Waals surface area contributed by atoms with Crippen molar-refractivity contribution >= 4 is 11.3 Å². The summed E-state index contributed by atoms with van der Waals surface area (Å²) in [6.45, 7) is 5.84. The van der Waals surface area contributed by atoms with Crippen molar-refractivity contribution in [3.05, 3.63) is 27.7 Å². The van der Waals surface area contributed by atoms with E-state index in [1.807, 2.05) is 0 Å². The lowest BCUT2D eigenvalue weighted by Crippen LogP contribution is -2.38.